The highest BCUT2D eigenvalue weighted by Gasteiger charge is 2.27. The number of aryl methyl sites for hydroxylation is 1. The Morgan fingerprint density at radius 2 is 2.22 bits per heavy atom. The third-order valence-corrected chi connectivity index (χ3v) is 2.16. The average Bonchev–Trinajstić information content (AvgIpc) is 2.58. The van der Waals surface area contributed by atoms with Gasteiger partial charge in [-0.05, 0) is 4.92 Å². The molecule has 1 aromatic rings. The summed E-state index contributed by atoms with van der Waals surface area (Å²) in [5, 5.41) is 10.6. The number of hydrogen-bond donors (Lipinski definition) is 0. The third kappa shape index (κ3) is 4.32. The Labute approximate surface area is 101 Å². The van der Waals surface area contributed by atoms with Gasteiger partial charge in [0.05, 0.1) is 13.2 Å². The summed E-state index contributed by atoms with van der Waals surface area (Å²) in [4.78, 5) is 13.8. The number of nitrogens with zero attached hydrogens (tertiary/aromatic N) is 3. The van der Waals surface area contributed by atoms with E-state index in [0.29, 0.717) is 5.82 Å². The first kappa shape index (κ1) is 14.4. The lowest BCUT2D eigenvalue weighted by atomic mass is 10.4. The van der Waals surface area contributed by atoms with Crippen LogP contribution in [-0.4, -0.2) is 33.9 Å². The summed E-state index contributed by atoms with van der Waals surface area (Å²) in [5.41, 5.74) is 0. The minimum Gasteiger partial charge on any atom is -0.372 e. The molecule has 0 saturated heterocycles. The maximum Gasteiger partial charge on any atom is 0.411 e. The SMILES string of the molecule is Cc1ncc([N+](=O)[O-])n1CCCOCC(F)(F)F. The Bertz CT molecular complexity index is 417. The minimum absolute atomic E-state index is 0.117. The van der Waals surface area contributed by atoms with Crippen LogP contribution in [0.5, 0.6) is 0 Å². The zero-order chi connectivity index (χ0) is 13.8. The first-order valence-corrected chi connectivity index (χ1v) is 5.12. The predicted molar refractivity (Wildman–Crippen MR) is 55.1 cm³/mol. The number of imidazole rings is 1. The number of aromatic nitrogens is 2. The van der Waals surface area contributed by atoms with Gasteiger partial charge < -0.3 is 14.9 Å². The van der Waals surface area contributed by atoms with Gasteiger partial charge in [-0.3, -0.25) is 0 Å². The maximum absolute atomic E-state index is 11.8. The van der Waals surface area contributed by atoms with Gasteiger partial charge in [0.25, 0.3) is 0 Å². The molecular formula is C9H12F3N3O3. The second kappa shape index (κ2) is 5.80. The summed E-state index contributed by atoms with van der Waals surface area (Å²) in [6.07, 6.45) is -2.99. The smallest absolute Gasteiger partial charge is 0.372 e. The van der Waals surface area contributed by atoms with Crippen LogP contribution in [0, 0.1) is 17.0 Å². The van der Waals surface area contributed by atoms with Crippen LogP contribution in [0.3, 0.4) is 0 Å². The molecule has 1 aromatic heterocycles. The van der Waals surface area contributed by atoms with Crippen molar-refractivity contribution in [1.29, 1.82) is 0 Å². The van der Waals surface area contributed by atoms with Crippen LogP contribution in [0.15, 0.2) is 6.20 Å². The second-order valence-corrected chi connectivity index (χ2v) is 3.59. The molecule has 0 bridgehead atoms. The highest BCUT2D eigenvalue weighted by Crippen LogP contribution is 2.16. The van der Waals surface area contributed by atoms with E-state index in [1.807, 2.05) is 0 Å². The zero-order valence-electron chi connectivity index (χ0n) is 9.61. The number of nitro groups is 1. The van der Waals surface area contributed by atoms with E-state index >= 15 is 0 Å². The van der Waals surface area contributed by atoms with Gasteiger partial charge in [-0.25, -0.2) is 9.55 Å². The van der Waals surface area contributed by atoms with E-state index in [0.717, 1.165) is 6.20 Å². The van der Waals surface area contributed by atoms with Gasteiger partial charge in [-0.1, -0.05) is 0 Å². The van der Waals surface area contributed by atoms with Gasteiger partial charge in [-0.15, -0.1) is 0 Å². The quantitative estimate of drug-likeness (QED) is 0.449. The lowest BCUT2D eigenvalue weighted by Crippen LogP contribution is -2.18. The standard InChI is InChI=1S/C9H12F3N3O3/c1-7-13-5-8(15(16)17)14(7)3-2-4-18-6-9(10,11)12/h5H,2-4,6H2,1H3. The Balaban J connectivity index is 2.40. The van der Waals surface area contributed by atoms with Crippen molar-refractivity contribution in [3.8, 4) is 0 Å². The fraction of sp³-hybridized carbons (Fsp3) is 0.667. The van der Waals surface area contributed by atoms with Gasteiger partial charge in [-0.2, -0.15) is 13.2 Å². The van der Waals surface area contributed by atoms with Crippen molar-refractivity contribution in [1.82, 2.24) is 9.55 Å². The van der Waals surface area contributed by atoms with Crippen LogP contribution in [0.25, 0.3) is 0 Å². The van der Waals surface area contributed by atoms with E-state index < -0.39 is 17.7 Å². The van der Waals surface area contributed by atoms with Gasteiger partial charge in [0.2, 0.25) is 0 Å². The van der Waals surface area contributed by atoms with Crippen LogP contribution in [0.4, 0.5) is 19.0 Å². The summed E-state index contributed by atoms with van der Waals surface area (Å²) >= 11 is 0. The van der Waals surface area contributed by atoms with Crippen molar-refractivity contribution in [2.75, 3.05) is 13.2 Å². The van der Waals surface area contributed by atoms with Crippen LogP contribution in [0.1, 0.15) is 12.2 Å². The normalized spacial score (nSPS) is 11.8. The molecule has 0 fully saturated rings. The van der Waals surface area contributed by atoms with Crippen molar-refractivity contribution in [2.24, 2.45) is 0 Å². The lowest BCUT2D eigenvalue weighted by Gasteiger charge is -2.07. The summed E-state index contributed by atoms with van der Waals surface area (Å²) in [6, 6.07) is 0. The van der Waals surface area contributed by atoms with Gasteiger partial charge in [0, 0.05) is 13.3 Å². The molecule has 18 heavy (non-hydrogen) atoms. The van der Waals surface area contributed by atoms with E-state index in [-0.39, 0.29) is 25.4 Å². The van der Waals surface area contributed by atoms with Gasteiger partial charge >= 0.3 is 12.0 Å². The molecule has 102 valence electrons. The molecular weight excluding hydrogens is 255 g/mol. The Hall–Kier alpha value is -1.64. The second-order valence-electron chi connectivity index (χ2n) is 3.59. The van der Waals surface area contributed by atoms with Crippen LogP contribution >= 0.6 is 0 Å². The highest BCUT2D eigenvalue weighted by atomic mass is 19.4. The summed E-state index contributed by atoms with van der Waals surface area (Å²) in [5.74, 6) is 0.265. The molecule has 0 atom stereocenters. The van der Waals surface area contributed by atoms with Crippen molar-refractivity contribution < 1.29 is 22.8 Å². The lowest BCUT2D eigenvalue weighted by molar-refractivity contribution is -0.392. The van der Waals surface area contributed by atoms with Crippen molar-refractivity contribution in [2.45, 2.75) is 26.1 Å². The van der Waals surface area contributed by atoms with Crippen LogP contribution in [-0.2, 0) is 11.3 Å². The van der Waals surface area contributed by atoms with Crippen molar-refractivity contribution in [3.05, 3.63) is 22.1 Å². The summed E-state index contributed by atoms with van der Waals surface area (Å²) < 4.78 is 41.0. The minimum atomic E-state index is -4.35. The number of hydrogen-bond acceptors (Lipinski definition) is 4. The van der Waals surface area contributed by atoms with Gasteiger partial charge in [0.15, 0.2) is 5.82 Å². The van der Waals surface area contributed by atoms with E-state index in [9.17, 15) is 23.3 Å². The molecule has 0 N–H and O–H groups in total. The summed E-state index contributed by atoms with van der Waals surface area (Å²) in [7, 11) is 0. The monoisotopic (exact) mass is 267 g/mol. The van der Waals surface area contributed by atoms with Crippen molar-refractivity contribution in [3.63, 3.8) is 0 Å². The predicted octanol–water partition coefficient (Wildman–Crippen LogP) is 2.07. The number of halogens is 3. The zero-order valence-corrected chi connectivity index (χ0v) is 9.61. The third-order valence-electron chi connectivity index (χ3n) is 2.16. The molecule has 1 heterocycles. The summed E-state index contributed by atoms with van der Waals surface area (Å²) in [6.45, 7) is 0.357. The van der Waals surface area contributed by atoms with Gasteiger partial charge in [0.1, 0.15) is 12.8 Å². The Morgan fingerprint density at radius 3 is 2.78 bits per heavy atom. The molecule has 0 aromatic carbocycles. The van der Waals surface area contributed by atoms with E-state index in [4.69, 9.17) is 0 Å². The molecule has 0 aliphatic carbocycles. The number of rotatable bonds is 6. The number of ether oxygens (including phenoxy) is 1. The Kier molecular flexibility index (Phi) is 4.65. The first-order valence-electron chi connectivity index (χ1n) is 5.12. The molecule has 6 nitrogen and oxygen atoms in total. The highest BCUT2D eigenvalue weighted by molar-refractivity contribution is 5.18. The fourth-order valence-electron chi connectivity index (χ4n) is 1.39. The molecule has 0 saturated carbocycles. The largest absolute Gasteiger partial charge is 0.411 e. The molecule has 0 amide bonds. The molecule has 0 radical (unpaired) electrons. The Morgan fingerprint density at radius 1 is 1.56 bits per heavy atom. The van der Waals surface area contributed by atoms with Crippen LogP contribution < -0.4 is 0 Å². The maximum atomic E-state index is 11.8. The van der Waals surface area contributed by atoms with Crippen molar-refractivity contribution >= 4 is 5.82 Å². The molecule has 0 aliphatic rings. The molecule has 0 aliphatic heterocycles. The van der Waals surface area contributed by atoms with E-state index in [2.05, 4.69) is 9.72 Å². The van der Waals surface area contributed by atoms with E-state index in [1.54, 1.807) is 6.92 Å². The molecule has 1 rings (SSSR count). The van der Waals surface area contributed by atoms with E-state index in [1.165, 1.54) is 4.57 Å². The molecule has 0 spiro atoms. The topological polar surface area (TPSA) is 70.2 Å². The fourth-order valence-corrected chi connectivity index (χ4v) is 1.39. The first-order chi connectivity index (χ1) is 8.31. The molecule has 9 heteroatoms. The van der Waals surface area contributed by atoms with Crippen LogP contribution in [0.2, 0.25) is 0 Å². The number of alkyl halides is 3. The molecule has 0 unspecified atom stereocenters. The average molecular weight is 267 g/mol.